The van der Waals surface area contributed by atoms with E-state index in [0.717, 1.165) is 25.8 Å². The molecule has 0 saturated carbocycles. The Morgan fingerprint density at radius 1 is 1.67 bits per heavy atom. The highest BCUT2D eigenvalue weighted by atomic mass is 32.1. The maximum Gasteiger partial charge on any atom is 0.323 e. The predicted molar refractivity (Wildman–Crippen MR) is 60.0 cm³/mol. The van der Waals surface area contributed by atoms with Gasteiger partial charge in [-0.25, -0.2) is 0 Å². The van der Waals surface area contributed by atoms with Gasteiger partial charge in [-0.2, -0.15) is 0 Å². The molecule has 1 saturated heterocycles. The van der Waals surface area contributed by atoms with Crippen LogP contribution in [0.1, 0.15) is 17.7 Å². The highest BCUT2D eigenvalue weighted by molar-refractivity contribution is 7.09. The summed E-state index contributed by atoms with van der Waals surface area (Å²) in [4.78, 5) is 12.8. The number of hydrogen-bond donors (Lipinski definition) is 1. The van der Waals surface area contributed by atoms with Crippen LogP contribution in [-0.2, 0) is 16.0 Å². The van der Waals surface area contributed by atoms with E-state index in [2.05, 4.69) is 11.4 Å². The van der Waals surface area contributed by atoms with E-state index >= 15 is 0 Å². The molecule has 0 aromatic carbocycles. The molecule has 0 spiro atoms. The third kappa shape index (κ3) is 3.04. The van der Waals surface area contributed by atoms with Gasteiger partial charge in [-0.05, 0) is 30.8 Å². The number of ether oxygens (including phenoxy) is 1. The second-order valence-corrected chi connectivity index (χ2v) is 4.68. The molecule has 0 amide bonds. The van der Waals surface area contributed by atoms with E-state index in [-0.39, 0.29) is 12.0 Å². The minimum Gasteiger partial charge on any atom is -0.464 e. The van der Waals surface area contributed by atoms with Gasteiger partial charge in [0.25, 0.3) is 0 Å². The van der Waals surface area contributed by atoms with Gasteiger partial charge < -0.3 is 10.1 Å². The van der Waals surface area contributed by atoms with E-state index in [1.54, 1.807) is 11.3 Å². The highest BCUT2D eigenvalue weighted by Crippen LogP contribution is 2.10. The molecule has 0 unspecified atom stereocenters. The number of carbonyl (C=O) groups excluding carboxylic acids is 1. The van der Waals surface area contributed by atoms with Gasteiger partial charge in [0, 0.05) is 11.3 Å². The molecule has 4 heteroatoms. The summed E-state index contributed by atoms with van der Waals surface area (Å²) in [5.74, 6) is -0.0935. The van der Waals surface area contributed by atoms with Crippen molar-refractivity contribution < 1.29 is 9.53 Å². The first kappa shape index (κ1) is 10.6. The zero-order valence-corrected chi connectivity index (χ0v) is 9.39. The third-order valence-electron chi connectivity index (χ3n) is 2.52. The topological polar surface area (TPSA) is 38.3 Å². The minimum absolute atomic E-state index is 0.0617. The van der Waals surface area contributed by atoms with Gasteiger partial charge in [-0.3, -0.25) is 4.79 Å². The van der Waals surface area contributed by atoms with Crippen molar-refractivity contribution in [3.8, 4) is 0 Å². The largest absolute Gasteiger partial charge is 0.464 e. The molecule has 0 radical (unpaired) electrons. The van der Waals surface area contributed by atoms with Crippen LogP contribution in [-0.4, -0.2) is 25.2 Å². The zero-order valence-electron chi connectivity index (χ0n) is 8.57. The second-order valence-electron chi connectivity index (χ2n) is 3.65. The standard InChI is InChI=1S/C11H15NO2S/c13-11(10-4-1-6-12-10)14-7-5-9-3-2-8-15-9/h2-3,8,10,12H,1,4-7H2/t10-/m0/s1. The Bertz CT molecular complexity index is 304. The van der Waals surface area contributed by atoms with Crippen molar-refractivity contribution >= 4 is 17.3 Å². The van der Waals surface area contributed by atoms with E-state index in [4.69, 9.17) is 4.74 Å². The highest BCUT2D eigenvalue weighted by Gasteiger charge is 2.22. The molecular formula is C11H15NO2S. The van der Waals surface area contributed by atoms with Crippen molar-refractivity contribution in [2.75, 3.05) is 13.2 Å². The quantitative estimate of drug-likeness (QED) is 0.791. The Labute approximate surface area is 93.4 Å². The average molecular weight is 225 g/mol. The molecule has 82 valence electrons. The van der Waals surface area contributed by atoms with E-state index < -0.39 is 0 Å². The van der Waals surface area contributed by atoms with Crippen molar-refractivity contribution in [1.29, 1.82) is 0 Å². The fourth-order valence-electron chi connectivity index (χ4n) is 1.69. The van der Waals surface area contributed by atoms with E-state index in [0.29, 0.717) is 6.61 Å². The SMILES string of the molecule is O=C(OCCc1cccs1)[C@@H]1CCCN1. The van der Waals surface area contributed by atoms with Crippen LogP contribution in [0.4, 0.5) is 0 Å². The molecule has 1 aromatic rings. The summed E-state index contributed by atoms with van der Waals surface area (Å²) < 4.78 is 5.20. The van der Waals surface area contributed by atoms with Crippen molar-refractivity contribution in [3.63, 3.8) is 0 Å². The van der Waals surface area contributed by atoms with Gasteiger partial charge in [0.1, 0.15) is 6.04 Å². The molecule has 1 aromatic heterocycles. The molecule has 1 atom stereocenters. The van der Waals surface area contributed by atoms with Crippen LogP contribution < -0.4 is 5.32 Å². The Hall–Kier alpha value is -0.870. The van der Waals surface area contributed by atoms with Crippen molar-refractivity contribution in [2.45, 2.75) is 25.3 Å². The summed E-state index contributed by atoms with van der Waals surface area (Å²) in [6, 6.07) is 4.01. The van der Waals surface area contributed by atoms with Crippen molar-refractivity contribution in [2.24, 2.45) is 0 Å². The van der Waals surface area contributed by atoms with Gasteiger partial charge >= 0.3 is 5.97 Å². The number of carbonyl (C=O) groups is 1. The van der Waals surface area contributed by atoms with Crippen LogP contribution in [0, 0.1) is 0 Å². The summed E-state index contributed by atoms with van der Waals surface area (Å²) in [6.07, 6.45) is 2.82. The molecule has 1 aliphatic rings. The molecule has 15 heavy (non-hydrogen) atoms. The Balaban J connectivity index is 1.67. The van der Waals surface area contributed by atoms with Gasteiger partial charge in [0.15, 0.2) is 0 Å². The first-order valence-corrected chi connectivity index (χ1v) is 6.16. The van der Waals surface area contributed by atoms with E-state index in [1.165, 1.54) is 4.88 Å². The van der Waals surface area contributed by atoms with Crippen molar-refractivity contribution in [3.05, 3.63) is 22.4 Å². The van der Waals surface area contributed by atoms with Gasteiger partial charge in [0.05, 0.1) is 6.61 Å². The number of thiophene rings is 1. The Morgan fingerprint density at radius 3 is 3.27 bits per heavy atom. The Morgan fingerprint density at radius 2 is 2.60 bits per heavy atom. The van der Waals surface area contributed by atoms with E-state index in [9.17, 15) is 4.79 Å². The molecule has 1 aliphatic heterocycles. The lowest BCUT2D eigenvalue weighted by atomic mass is 10.2. The summed E-state index contributed by atoms with van der Waals surface area (Å²) in [5, 5.41) is 5.17. The van der Waals surface area contributed by atoms with Crippen LogP contribution in [0.5, 0.6) is 0 Å². The number of rotatable bonds is 4. The maximum absolute atomic E-state index is 11.5. The molecule has 0 bridgehead atoms. The molecular weight excluding hydrogens is 210 g/mol. The molecule has 1 N–H and O–H groups in total. The lowest BCUT2D eigenvalue weighted by Gasteiger charge is -2.09. The Kier molecular flexibility index (Phi) is 3.75. The smallest absolute Gasteiger partial charge is 0.323 e. The fourth-order valence-corrected chi connectivity index (χ4v) is 2.38. The first-order valence-electron chi connectivity index (χ1n) is 5.28. The first-order chi connectivity index (χ1) is 7.36. The normalized spacial score (nSPS) is 20.4. The fraction of sp³-hybridized carbons (Fsp3) is 0.545. The van der Waals surface area contributed by atoms with Gasteiger partial charge in [0.2, 0.25) is 0 Å². The van der Waals surface area contributed by atoms with Crippen LogP contribution in [0.2, 0.25) is 0 Å². The number of esters is 1. The maximum atomic E-state index is 11.5. The lowest BCUT2D eigenvalue weighted by Crippen LogP contribution is -2.32. The third-order valence-corrected chi connectivity index (χ3v) is 3.45. The van der Waals surface area contributed by atoms with Gasteiger partial charge in [-0.15, -0.1) is 11.3 Å². The molecule has 2 rings (SSSR count). The number of hydrogen-bond acceptors (Lipinski definition) is 4. The minimum atomic E-state index is -0.0935. The molecule has 1 fully saturated rings. The van der Waals surface area contributed by atoms with Crippen LogP contribution in [0.15, 0.2) is 17.5 Å². The lowest BCUT2D eigenvalue weighted by molar-refractivity contribution is -0.145. The van der Waals surface area contributed by atoms with Gasteiger partial charge in [-0.1, -0.05) is 6.07 Å². The molecule has 2 heterocycles. The van der Waals surface area contributed by atoms with Crippen molar-refractivity contribution in [1.82, 2.24) is 5.32 Å². The second kappa shape index (κ2) is 5.28. The van der Waals surface area contributed by atoms with Crippen LogP contribution in [0.25, 0.3) is 0 Å². The van der Waals surface area contributed by atoms with Crippen LogP contribution >= 0.6 is 11.3 Å². The van der Waals surface area contributed by atoms with E-state index in [1.807, 2.05) is 11.4 Å². The molecule has 0 aliphatic carbocycles. The summed E-state index contributed by atoms with van der Waals surface area (Å²) in [7, 11) is 0. The predicted octanol–water partition coefficient (Wildman–Crippen LogP) is 1.59. The molecule has 3 nitrogen and oxygen atoms in total. The zero-order chi connectivity index (χ0) is 10.5. The monoisotopic (exact) mass is 225 g/mol. The summed E-state index contributed by atoms with van der Waals surface area (Å²) in [6.45, 7) is 1.43. The summed E-state index contributed by atoms with van der Waals surface area (Å²) >= 11 is 1.70. The average Bonchev–Trinajstić information content (AvgIpc) is 2.90. The number of nitrogens with one attached hydrogen (secondary N) is 1. The van der Waals surface area contributed by atoms with Crippen LogP contribution in [0.3, 0.4) is 0 Å². The summed E-state index contributed by atoms with van der Waals surface area (Å²) in [5.41, 5.74) is 0.